The largest absolute Gasteiger partial charge is 0.469 e. The number of aryl methyl sites for hydroxylation is 2. The lowest BCUT2D eigenvalue weighted by Crippen LogP contribution is -2.04. The number of aromatic nitrogens is 1. The Hall–Kier alpha value is -1.32. The van der Waals surface area contributed by atoms with Crippen LogP contribution in [0.15, 0.2) is 4.42 Å². The molecule has 1 rings (SSSR count). The normalized spacial score (nSPS) is 9.92. The lowest BCUT2D eigenvalue weighted by atomic mass is 10.4. The number of oxazole rings is 1. The van der Waals surface area contributed by atoms with Crippen molar-refractivity contribution in [3.05, 3.63) is 17.3 Å². The lowest BCUT2D eigenvalue weighted by molar-refractivity contribution is -0.140. The Bertz CT molecular complexity index is 271. The van der Waals surface area contributed by atoms with E-state index in [1.807, 2.05) is 13.8 Å². The molecule has 1 aromatic rings. The van der Waals surface area contributed by atoms with Gasteiger partial charge in [0.15, 0.2) is 0 Å². The molecule has 0 fully saturated rings. The molecule has 0 atom stereocenters. The number of methoxy groups -OCH3 is 1. The predicted octanol–water partition coefficient (Wildman–Crippen LogP) is 1.01. The number of ether oxygens (including phenoxy) is 1. The van der Waals surface area contributed by atoms with E-state index in [1.165, 1.54) is 7.11 Å². The molecule has 4 heteroatoms. The van der Waals surface area contributed by atoms with Crippen molar-refractivity contribution < 1.29 is 13.9 Å². The molecule has 4 nitrogen and oxygen atoms in total. The van der Waals surface area contributed by atoms with Gasteiger partial charge in [-0.1, -0.05) is 0 Å². The summed E-state index contributed by atoms with van der Waals surface area (Å²) in [6.07, 6.45) is 0.102. The molecule has 0 bridgehead atoms. The van der Waals surface area contributed by atoms with Crippen molar-refractivity contribution in [3.63, 3.8) is 0 Å². The summed E-state index contributed by atoms with van der Waals surface area (Å²) in [5, 5.41) is 0. The number of nitrogens with zero attached hydrogens (tertiary/aromatic N) is 1. The van der Waals surface area contributed by atoms with Gasteiger partial charge in [0, 0.05) is 0 Å². The quantitative estimate of drug-likeness (QED) is 0.620. The van der Waals surface area contributed by atoms with Gasteiger partial charge in [0.2, 0.25) is 5.89 Å². The van der Waals surface area contributed by atoms with Crippen molar-refractivity contribution >= 4 is 5.97 Å². The third kappa shape index (κ3) is 1.84. The molecule has 0 aromatic carbocycles. The molecule has 12 heavy (non-hydrogen) atoms. The van der Waals surface area contributed by atoms with Crippen molar-refractivity contribution in [2.45, 2.75) is 20.3 Å². The molecular formula is C8H11NO3. The lowest BCUT2D eigenvalue weighted by Gasteiger charge is -1.92. The fourth-order valence-electron chi connectivity index (χ4n) is 0.810. The van der Waals surface area contributed by atoms with Gasteiger partial charge in [-0.15, -0.1) is 0 Å². The Morgan fingerprint density at radius 2 is 2.25 bits per heavy atom. The Morgan fingerprint density at radius 3 is 2.67 bits per heavy atom. The second kappa shape index (κ2) is 3.38. The number of hydrogen-bond acceptors (Lipinski definition) is 4. The average Bonchev–Trinajstić information content (AvgIpc) is 2.31. The topological polar surface area (TPSA) is 52.3 Å². The van der Waals surface area contributed by atoms with E-state index in [0.29, 0.717) is 5.89 Å². The fourth-order valence-corrected chi connectivity index (χ4v) is 0.810. The maximum Gasteiger partial charge on any atom is 0.314 e. The summed E-state index contributed by atoms with van der Waals surface area (Å²) in [5.74, 6) is 0.821. The van der Waals surface area contributed by atoms with Crippen molar-refractivity contribution in [1.29, 1.82) is 0 Å². The second-order valence-corrected chi connectivity index (χ2v) is 2.50. The fraction of sp³-hybridized carbons (Fsp3) is 0.500. The van der Waals surface area contributed by atoms with E-state index in [0.717, 1.165) is 11.5 Å². The van der Waals surface area contributed by atoms with Crippen LogP contribution in [0.2, 0.25) is 0 Å². The third-order valence-electron chi connectivity index (χ3n) is 1.60. The molecular weight excluding hydrogens is 158 g/mol. The minimum atomic E-state index is -0.337. The summed E-state index contributed by atoms with van der Waals surface area (Å²) in [7, 11) is 1.34. The summed E-state index contributed by atoms with van der Waals surface area (Å²) in [4.78, 5) is 14.8. The summed E-state index contributed by atoms with van der Waals surface area (Å²) in [6, 6.07) is 0. The number of rotatable bonds is 2. The van der Waals surface area contributed by atoms with Gasteiger partial charge in [-0.2, -0.15) is 0 Å². The SMILES string of the molecule is COC(=O)Cc1nc(C)c(C)o1. The van der Waals surface area contributed by atoms with E-state index in [-0.39, 0.29) is 12.4 Å². The van der Waals surface area contributed by atoms with Crippen LogP contribution in [0.3, 0.4) is 0 Å². The molecule has 0 aliphatic heterocycles. The van der Waals surface area contributed by atoms with Gasteiger partial charge in [0.1, 0.15) is 12.2 Å². The van der Waals surface area contributed by atoms with Crippen LogP contribution in [-0.2, 0) is 16.0 Å². The van der Waals surface area contributed by atoms with Crippen LogP contribution < -0.4 is 0 Å². The number of esters is 1. The van der Waals surface area contributed by atoms with Gasteiger partial charge in [-0.25, -0.2) is 4.98 Å². The van der Waals surface area contributed by atoms with E-state index in [9.17, 15) is 4.79 Å². The maximum absolute atomic E-state index is 10.8. The Morgan fingerprint density at radius 1 is 1.58 bits per heavy atom. The second-order valence-electron chi connectivity index (χ2n) is 2.50. The highest BCUT2D eigenvalue weighted by Gasteiger charge is 2.09. The van der Waals surface area contributed by atoms with Gasteiger partial charge in [0.05, 0.1) is 12.8 Å². The monoisotopic (exact) mass is 169 g/mol. The van der Waals surface area contributed by atoms with Crippen LogP contribution in [-0.4, -0.2) is 18.1 Å². The van der Waals surface area contributed by atoms with E-state index in [2.05, 4.69) is 9.72 Å². The Labute approximate surface area is 70.5 Å². The highest BCUT2D eigenvalue weighted by molar-refractivity contribution is 5.71. The first-order valence-corrected chi connectivity index (χ1v) is 3.63. The summed E-state index contributed by atoms with van der Waals surface area (Å²) >= 11 is 0. The van der Waals surface area contributed by atoms with Crippen molar-refractivity contribution in [1.82, 2.24) is 4.98 Å². The van der Waals surface area contributed by atoms with E-state index in [4.69, 9.17) is 4.42 Å². The highest BCUT2D eigenvalue weighted by atomic mass is 16.5. The predicted molar refractivity (Wildman–Crippen MR) is 41.7 cm³/mol. The minimum Gasteiger partial charge on any atom is -0.469 e. The van der Waals surface area contributed by atoms with Gasteiger partial charge >= 0.3 is 5.97 Å². The van der Waals surface area contributed by atoms with Crippen LogP contribution in [0.25, 0.3) is 0 Å². The number of carbonyl (C=O) groups excluding carboxylic acids is 1. The maximum atomic E-state index is 10.8. The van der Waals surface area contributed by atoms with Gasteiger partial charge in [-0.3, -0.25) is 4.79 Å². The molecule has 0 aliphatic carbocycles. The van der Waals surface area contributed by atoms with Crippen LogP contribution in [0.4, 0.5) is 0 Å². The number of hydrogen-bond donors (Lipinski definition) is 0. The molecule has 1 heterocycles. The minimum absolute atomic E-state index is 0.102. The van der Waals surface area contributed by atoms with Crippen LogP contribution in [0.5, 0.6) is 0 Å². The van der Waals surface area contributed by atoms with Gasteiger partial charge in [-0.05, 0) is 13.8 Å². The molecule has 0 unspecified atom stereocenters. The average molecular weight is 169 g/mol. The smallest absolute Gasteiger partial charge is 0.314 e. The molecule has 66 valence electrons. The van der Waals surface area contributed by atoms with Crippen LogP contribution in [0.1, 0.15) is 17.3 Å². The van der Waals surface area contributed by atoms with E-state index < -0.39 is 0 Å². The molecule has 0 N–H and O–H groups in total. The molecule has 0 spiro atoms. The Balaban J connectivity index is 2.70. The summed E-state index contributed by atoms with van der Waals surface area (Å²) in [5.41, 5.74) is 0.814. The van der Waals surface area contributed by atoms with Gasteiger partial charge < -0.3 is 9.15 Å². The van der Waals surface area contributed by atoms with Crippen LogP contribution >= 0.6 is 0 Å². The van der Waals surface area contributed by atoms with Crippen molar-refractivity contribution in [3.8, 4) is 0 Å². The molecule has 0 saturated heterocycles. The zero-order valence-corrected chi connectivity index (χ0v) is 7.38. The van der Waals surface area contributed by atoms with Crippen molar-refractivity contribution in [2.24, 2.45) is 0 Å². The van der Waals surface area contributed by atoms with E-state index >= 15 is 0 Å². The molecule has 0 radical (unpaired) electrons. The summed E-state index contributed by atoms with van der Waals surface area (Å²) in [6.45, 7) is 3.64. The van der Waals surface area contributed by atoms with Gasteiger partial charge in [0.25, 0.3) is 0 Å². The highest BCUT2D eigenvalue weighted by Crippen LogP contribution is 2.08. The Kier molecular flexibility index (Phi) is 2.47. The molecule has 0 amide bonds. The van der Waals surface area contributed by atoms with Crippen LogP contribution in [0, 0.1) is 13.8 Å². The zero-order valence-electron chi connectivity index (χ0n) is 7.38. The molecule has 0 saturated carbocycles. The number of carbonyl (C=O) groups is 1. The standard InChI is InChI=1S/C8H11NO3/c1-5-6(2)12-7(9-5)4-8(10)11-3/h4H2,1-3H3. The first kappa shape index (κ1) is 8.77. The molecule has 1 aromatic heterocycles. The summed E-state index contributed by atoms with van der Waals surface area (Å²) < 4.78 is 9.64. The van der Waals surface area contributed by atoms with E-state index in [1.54, 1.807) is 0 Å². The molecule has 0 aliphatic rings. The zero-order chi connectivity index (χ0) is 9.14. The first-order chi connectivity index (χ1) is 5.63. The first-order valence-electron chi connectivity index (χ1n) is 3.63. The van der Waals surface area contributed by atoms with Crippen molar-refractivity contribution in [2.75, 3.05) is 7.11 Å². The third-order valence-corrected chi connectivity index (χ3v) is 1.60.